The van der Waals surface area contributed by atoms with Gasteiger partial charge in [-0.05, 0) is 23.3 Å². The highest BCUT2D eigenvalue weighted by Gasteiger charge is 2.37. The van der Waals surface area contributed by atoms with Crippen LogP contribution < -0.4 is 0 Å². The first-order chi connectivity index (χ1) is 14.2. The number of rotatable bonds is 2. The van der Waals surface area contributed by atoms with E-state index in [-0.39, 0.29) is 27.7 Å². The third kappa shape index (κ3) is 3.63. The van der Waals surface area contributed by atoms with Gasteiger partial charge < -0.3 is 0 Å². The van der Waals surface area contributed by atoms with E-state index in [1.807, 2.05) is 0 Å². The zero-order valence-corrected chi connectivity index (χ0v) is 15.2. The molecule has 0 saturated heterocycles. The number of pyridine rings is 1. The van der Waals surface area contributed by atoms with E-state index in [0.29, 0.717) is 5.56 Å². The van der Waals surface area contributed by atoms with Gasteiger partial charge in [-0.2, -0.15) is 26.3 Å². The van der Waals surface area contributed by atoms with Crippen molar-refractivity contribution in [2.45, 2.75) is 12.4 Å². The number of alkyl halides is 6. The highest BCUT2D eigenvalue weighted by molar-refractivity contribution is 5.86. The molecule has 0 unspecified atom stereocenters. The van der Waals surface area contributed by atoms with Crippen molar-refractivity contribution in [2.24, 2.45) is 0 Å². The number of benzene rings is 3. The molecule has 7 heteroatoms. The fraction of sp³-hybridized carbons (Fsp3) is 0.0870. The Balaban J connectivity index is 2.01. The van der Waals surface area contributed by atoms with Crippen LogP contribution in [-0.4, -0.2) is 4.98 Å². The summed E-state index contributed by atoms with van der Waals surface area (Å²) < 4.78 is 82.3. The van der Waals surface area contributed by atoms with Gasteiger partial charge in [0.05, 0.1) is 22.3 Å². The molecule has 0 spiro atoms. The summed E-state index contributed by atoms with van der Waals surface area (Å²) in [6.45, 7) is 0. The van der Waals surface area contributed by atoms with Crippen LogP contribution in [0.5, 0.6) is 0 Å². The molecule has 0 aliphatic carbocycles. The van der Waals surface area contributed by atoms with E-state index in [9.17, 15) is 26.3 Å². The second-order valence-electron chi connectivity index (χ2n) is 6.66. The van der Waals surface area contributed by atoms with E-state index in [4.69, 9.17) is 0 Å². The SMILES string of the molecule is FC(F)(F)c1c(-c2ccccc2)cccc1-c1ccc2cccc(C(F)(F)F)c2n1. The van der Waals surface area contributed by atoms with Crippen LogP contribution in [0, 0.1) is 0 Å². The Hall–Kier alpha value is -3.35. The molecule has 1 heterocycles. The maximum Gasteiger partial charge on any atom is 0.418 e. The first-order valence-corrected chi connectivity index (χ1v) is 8.89. The van der Waals surface area contributed by atoms with Crippen LogP contribution in [0.3, 0.4) is 0 Å². The Morgan fingerprint density at radius 3 is 1.90 bits per heavy atom. The van der Waals surface area contributed by atoms with E-state index in [1.54, 1.807) is 30.3 Å². The smallest absolute Gasteiger partial charge is 0.247 e. The standard InChI is InChI=1S/C23H13F6N/c24-22(25,26)18-11-4-8-15-12-13-19(30-21(15)18)17-10-5-9-16(20(17)23(27,28)29)14-6-2-1-3-7-14/h1-13H. The molecule has 1 nitrogen and oxygen atoms in total. The van der Waals surface area contributed by atoms with E-state index in [2.05, 4.69) is 4.98 Å². The van der Waals surface area contributed by atoms with Crippen LogP contribution in [0.25, 0.3) is 33.3 Å². The van der Waals surface area contributed by atoms with Crippen molar-refractivity contribution in [3.8, 4) is 22.4 Å². The van der Waals surface area contributed by atoms with Gasteiger partial charge in [0.15, 0.2) is 0 Å². The zero-order valence-electron chi connectivity index (χ0n) is 15.2. The zero-order chi connectivity index (χ0) is 21.5. The Bertz CT molecular complexity index is 1210. The number of aromatic nitrogens is 1. The quantitative estimate of drug-likeness (QED) is 0.306. The molecular weight excluding hydrogens is 404 g/mol. The average molecular weight is 417 g/mol. The topological polar surface area (TPSA) is 12.9 Å². The lowest BCUT2D eigenvalue weighted by Gasteiger charge is -2.18. The molecule has 0 aliphatic rings. The van der Waals surface area contributed by atoms with E-state index in [1.165, 1.54) is 42.5 Å². The first-order valence-electron chi connectivity index (χ1n) is 8.89. The minimum atomic E-state index is -4.73. The van der Waals surface area contributed by atoms with Crippen molar-refractivity contribution in [3.05, 3.63) is 90.0 Å². The number of para-hydroxylation sites is 1. The van der Waals surface area contributed by atoms with Crippen molar-refractivity contribution in [2.75, 3.05) is 0 Å². The van der Waals surface area contributed by atoms with Crippen molar-refractivity contribution >= 4 is 10.9 Å². The molecule has 4 rings (SSSR count). The molecule has 3 aromatic carbocycles. The summed E-state index contributed by atoms with van der Waals surface area (Å²) in [7, 11) is 0. The number of nitrogens with zero attached hydrogens (tertiary/aromatic N) is 1. The third-order valence-electron chi connectivity index (χ3n) is 4.73. The summed E-state index contributed by atoms with van der Waals surface area (Å²) in [5, 5.41) is 0.196. The summed E-state index contributed by atoms with van der Waals surface area (Å²) in [5.74, 6) is 0. The molecule has 30 heavy (non-hydrogen) atoms. The van der Waals surface area contributed by atoms with Gasteiger partial charge in [0, 0.05) is 10.9 Å². The minimum Gasteiger partial charge on any atom is -0.247 e. The lowest BCUT2D eigenvalue weighted by atomic mass is 9.93. The van der Waals surface area contributed by atoms with Gasteiger partial charge in [-0.3, -0.25) is 0 Å². The lowest BCUT2D eigenvalue weighted by molar-refractivity contribution is -0.137. The fourth-order valence-corrected chi connectivity index (χ4v) is 3.46. The van der Waals surface area contributed by atoms with Gasteiger partial charge in [-0.1, -0.05) is 66.7 Å². The summed E-state index contributed by atoms with van der Waals surface area (Å²) in [4.78, 5) is 4.00. The van der Waals surface area contributed by atoms with Crippen molar-refractivity contribution in [1.29, 1.82) is 0 Å². The predicted octanol–water partition coefficient (Wildman–Crippen LogP) is 7.61. The maximum atomic E-state index is 14.1. The van der Waals surface area contributed by atoms with Crippen LogP contribution in [0.15, 0.2) is 78.9 Å². The maximum absolute atomic E-state index is 14.1. The number of hydrogen-bond donors (Lipinski definition) is 0. The van der Waals surface area contributed by atoms with Crippen LogP contribution in [0.4, 0.5) is 26.3 Å². The van der Waals surface area contributed by atoms with E-state index in [0.717, 1.165) is 6.07 Å². The van der Waals surface area contributed by atoms with Crippen LogP contribution in [0.2, 0.25) is 0 Å². The number of fused-ring (bicyclic) bond motifs is 1. The molecule has 0 amide bonds. The first kappa shape index (κ1) is 19.9. The predicted molar refractivity (Wildman–Crippen MR) is 103 cm³/mol. The minimum absolute atomic E-state index is 0.0633. The van der Waals surface area contributed by atoms with Gasteiger partial charge in [0.2, 0.25) is 0 Å². The Labute approximate surface area is 167 Å². The highest BCUT2D eigenvalue weighted by Crippen LogP contribution is 2.43. The van der Waals surface area contributed by atoms with Gasteiger partial charge in [-0.15, -0.1) is 0 Å². The van der Waals surface area contributed by atoms with Crippen LogP contribution in [0.1, 0.15) is 11.1 Å². The van der Waals surface area contributed by atoms with Crippen molar-refractivity contribution < 1.29 is 26.3 Å². The Morgan fingerprint density at radius 1 is 0.567 bits per heavy atom. The monoisotopic (exact) mass is 417 g/mol. The van der Waals surface area contributed by atoms with Gasteiger partial charge in [-0.25, -0.2) is 4.98 Å². The average Bonchev–Trinajstić information content (AvgIpc) is 2.71. The van der Waals surface area contributed by atoms with Crippen molar-refractivity contribution in [3.63, 3.8) is 0 Å². The summed E-state index contributed by atoms with van der Waals surface area (Å²) >= 11 is 0. The molecule has 0 bridgehead atoms. The van der Waals surface area contributed by atoms with Crippen LogP contribution >= 0.6 is 0 Å². The summed E-state index contributed by atoms with van der Waals surface area (Å²) in [5.41, 5.74) is -2.48. The Morgan fingerprint density at radius 2 is 1.23 bits per heavy atom. The number of halogens is 6. The molecule has 152 valence electrons. The second-order valence-corrected chi connectivity index (χ2v) is 6.66. The molecule has 0 N–H and O–H groups in total. The fourth-order valence-electron chi connectivity index (χ4n) is 3.46. The summed E-state index contributed by atoms with van der Waals surface area (Å²) in [6.07, 6.45) is -9.41. The molecule has 0 aliphatic heterocycles. The van der Waals surface area contributed by atoms with E-state index < -0.39 is 23.5 Å². The molecular formula is C23H13F6N. The molecule has 4 aromatic rings. The Kier molecular flexibility index (Phi) is 4.76. The highest BCUT2D eigenvalue weighted by atomic mass is 19.4. The number of hydrogen-bond acceptors (Lipinski definition) is 1. The van der Waals surface area contributed by atoms with Gasteiger partial charge >= 0.3 is 12.4 Å². The molecule has 1 aromatic heterocycles. The summed E-state index contributed by atoms with van der Waals surface area (Å²) in [6, 6.07) is 18.2. The van der Waals surface area contributed by atoms with E-state index >= 15 is 0 Å². The van der Waals surface area contributed by atoms with Gasteiger partial charge in [0.1, 0.15) is 0 Å². The molecule has 0 saturated carbocycles. The van der Waals surface area contributed by atoms with Crippen molar-refractivity contribution in [1.82, 2.24) is 4.98 Å². The third-order valence-corrected chi connectivity index (χ3v) is 4.73. The van der Waals surface area contributed by atoms with Crippen LogP contribution in [-0.2, 0) is 12.4 Å². The largest absolute Gasteiger partial charge is 0.418 e. The lowest BCUT2D eigenvalue weighted by Crippen LogP contribution is -2.10. The molecule has 0 radical (unpaired) electrons. The normalized spacial score (nSPS) is 12.3. The second kappa shape index (κ2) is 7.16. The molecule has 0 fully saturated rings. The molecule has 0 atom stereocenters. The van der Waals surface area contributed by atoms with Gasteiger partial charge in [0.25, 0.3) is 0 Å².